The highest BCUT2D eigenvalue weighted by molar-refractivity contribution is 7.91. The third-order valence-corrected chi connectivity index (χ3v) is 30.0. The third-order valence-electron chi connectivity index (χ3n) is 13.5. The van der Waals surface area contributed by atoms with Gasteiger partial charge >= 0.3 is 12.7 Å². The van der Waals surface area contributed by atoms with Gasteiger partial charge < -0.3 is 13.9 Å². The van der Waals surface area contributed by atoms with Crippen LogP contribution in [0.4, 0.5) is 32.0 Å². The van der Waals surface area contributed by atoms with Gasteiger partial charge in [-0.05, 0) is 36.4 Å². The number of benzene rings is 5. The molecule has 0 N–H and O–H groups in total. The van der Waals surface area contributed by atoms with Gasteiger partial charge in [0.05, 0.1) is 32.3 Å². The number of halogens is 6. The molecule has 0 fully saturated rings. The smallest absolute Gasteiger partial charge is 0.405 e. The van der Waals surface area contributed by atoms with Crippen molar-refractivity contribution < 1.29 is 35.8 Å². The number of unbranched alkanes of at least 4 members (excludes halogenated alkanes) is 6. The summed E-state index contributed by atoms with van der Waals surface area (Å²) in [5.74, 6) is -0.951. The van der Waals surface area contributed by atoms with Crippen LogP contribution >= 0.6 is 16.1 Å². The van der Waals surface area contributed by atoms with E-state index in [0.29, 0.717) is 5.69 Å². The van der Waals surface area contributed by atoms with Gasteiger partial charge in [-0.15, -0.1) is 26.3 Å². The highest BCUT2D eigenvalue weighted by atomic mass is 31.2. The van der Waals surface area contributed by atoms with Crippen molar-refractivity contribution in [3.63, 3.8) is 0 Å². The van der Waals surface area contributed by atoms with Crippen molar-refractivity contribution in [2.45, 2.75) is 168 Å². The van der Waals surface area contributed by atoms with Gasteiger partial charge in [0, 0.05) is 26.9 Å². The van der Waals surface area contributed by atoms with Crippen LogP contribution in [0.5, 0.6) is 11.5 Å². The normalized spacial score (nSPS) is 12.5. The zero-order valence-electron chi connectivity index (χ0n) is 41.8. The molecule has 5 aromatic rings. The summed E-state index contributed by atoms with van der Waals surface area (Å²) < 4.78 is 98.4. The molecule has 0 unspecified atom stereocenters. The molecule has 0 aliphatic heterocycles. The fourth-order valence-corrected chi connectivity index (χ4v) is 27.1. The van der Waals surface area contributed by atoms with E-state index < -0.39 is 56.5 Å². The highest BCUT2D eigenvalue weighted by Gasteiger charge is 2.42. The Labute approximate surface area is 414 Å². The lowest BCUT2D eigenvalue weighted by Crippen LogP contribution is -2.48. The maximum Gasteiger partial charge on any atom is 0.573 e. The first kappa shape index (κ1) is 56.3. The molecule has 0 aliphatic rings. The topological polar surface area (TPSA) is 21.7 Å². The van der Waals surface area contributed by atoms with E-state index in [4.69, 9.17) is 9.47 Å². The van der Waals surface area contributed by atoms with Gasteiger partial charge in [0.15, 0.2) is 0 Å². The molecule has 0 saturated heterocycles. The summed E-state index contributed by atoms with van der Waals surface area (Å²) in [6, 6.07) is 46.7. The molecule has 69 heavy (non-hydrogen) atoms. The van der Waals surface area contributed by atoms with Crippen molar-refractivity contribution in [2.75, 3.05) is 4.44 Å². The summed E-state index contributed by atoms with van der Waals surface area (Å²) in [5.41, 5.74) is 0.654. The van der Waals surface area contributed by atoms with Gasteiger partial charge in [-0.3, -0.25) is 0 Å². The quantitative estimate of drug-likeness (QED) is 0.0271. The van der Waals surface area contributed by atoms with Crippen LogP contribution in [0.1, 0.15) is 119 Å². The number of ether oxygens (including phenoxy) is 2. The van der Waals surface area contributed by atoms with Crippen molar-refractivity contribution in [3.8, 4) is 11.5 Å². The van der Waals surface area contributed by atoms with Crippen LogP contribution in [-0.4, -0.2) is 28.9 Å². The molecule has 5 aromatic carbocycles. The van der Waals surface area contributed by atoms with E-state index in [2.05, 4.69) is 94.5 Å². The molecule has 0 bridgehead atoms. The fraction of sp³-hybridized carbons (Fsp3) is 0.464. The van der Waals surface area contributed by atoms with Crippen LogP contribution in [0.3, 0.4) is 0 Å². The lowest BCUT2D eigenvalue weighted by molar-refractivity contribution is -0.275. The van der Waals surface area contributed by atoms with Gasteiger partial charge in [0.25, 0.3) is 0 Å². The Hall–Kier alpha value is -3.63. The second-order valence-corrected chi connectivity index (χ2v) is 32.2. The summed E-state index contributed by atoms with van der Waals surface area (Å²) in [5, 5.41) is 4.98. The number of hydrogen-bond acceptors (Lipinski definition) is 3. The number of para-hydroxylation sites is 3. The number of alkyl halides is 6. The van der Waals surface area contributed by atoms with Crippen LogP contribution in [0.15, 0.2) is 127 Å². The maximum atomic E-state index is 14.4. The largest absolute Gasteiger partial charge is 0.573 e. The van der Waals surface area contributed by atoms with Gasteiger partial charge in [-0.1, -0.05) is 256 Å². The Balaban J connectivity index is 1.89. The van der Waals surface area contributed by atoms with Crippen LogP contribution in [0.2, 0.25) is 36.3 Å². The van der Waals surface area contributed by atoms with Gasteiger partial charge in [-0.2, -0.15) is 0 Å². The van der Waals surface area contributed by atoms with E-state index in [0.717, 1.165) is 49.1 Å². The molecule has 0 radical (unpaired) electrons. The van der Waals surface area contributed by atoms with E-state index in [1.54, 1.807) is 24.3 Å². The SMILES string of the molecule is CCCC[Si](CCCC)(CCCC)c1ccc(P(c2ccc([Si](CCCC)(CCCC)CCCC)cc2)N(c2ccccc2)P(c2ccccc2OC(F)(F)F)c2ccccc2OC(F)(F)F)cc1. The van der Waals surface area contributed by atoms with Crippen molar-refractivity contribution in [1.82, 2.24) is 0 Å². The second-order valence-electron chi connectivity index (χ2n) is 18.6. The molecule has 0 atom stereocenters. The summed E-state index contributed by atoms with van der Waals surface area (Å²) in [6.07, 6.45) is 3.64. The number of anilines is 1. The fourth-order valence-electron chi connectivity index (χ4n) is 9.89. The Kier molecular flexibility index (Phi) is 22.2. The number of hydrogen-bond donors (Lipinski definition) is 0. The predicted molar refractivity (Wildman–Crippen MR) is 289 cm³/mol. The van der Waals surface area contributed by atoms with Crippen molar-refractivity contribution in [2.24, 2.45) is 0 Å². The molecular formula is C56H75F6NO2P2Si2. The van der Waals surface area contributed by atoms with Crippen LogP contribution in [-0.2, 0) is 0 Å². The Bertz CT molecular complexity index is 2070. The molecule has 3 nitrogen and oxygen atoms in total. The van der Waals surface area contributed by atoms with Crippen LogP contribution in [0, 0.1) is 0 Å². The molecule has 0 aliphatic carbocycles. The first-order chi connectivity index (χ1) is 33.2. The van der Waals surface area contributed by atoms with E-state index in [9.17, 15) is 26.3 Å². The lowest BCUT2D eigenvalue weighted by Gasteiger charge is -2.42. The molecule has 0 aromatic heterocycles. The average Bonchev–Trinajstić information content (AvgIpc) is 3.34. The summed E-state index contributed by atoms with van der Waals surface area (Å²) >= 11 is 0. The first-order valence-electron chi connectivity index (χ1n) is 25.5. The molecule has 0 saturated carbocycles. The molecule has 13 heteroatoms. The van der Waals surface area contributed by atoms with Crippen LogP contribution < -0.4 is 45.5 Å². The van der Waals surface area contributed by atoms with E-state index in [1.165, 1.54) is 109 Å². The Morgan fingerprint density at radius 3 is 1.00 bits per heavy atom. The maximum absolute atomic E-state index is 14.4. The van der Waals surface area contributed by atoms with E-state index in [-0.39, 0.29) is 10.6 Å². The average molecular weight is 1030 g/mol. The number of nitrogens with zero attached hydrogens (tertiary/aromatic N) is 1. The summed E-state index contributed by atoms with van der Waals surface area (Å²) in [7, 11) is -7.93. The van der Waals surface area contributed by atoms with Crippen molar-refractivity contribution in [3.05, 3.63) is 127 Å². The van der Waals surface area contributed by atoms with Gasteiger partial charge in [0.2, 0.25) is 0 Å². The molecule has 0 spiro atoms. The monoisotopic (exact) mass is 1030 g/mol. The molecule has 0 heterocycles. The minimum Gasteiger partial charge on any atom is -0.405 e. The first-order valence-corrected chi connectivity index (χ1v) is 33.4. The van der Waals surface area contributed by atoms with E-state index >= 15 is 0 Å². The second kappa shape index (κ2) is 27.3. The number of rotatable bonds is 29. The summed E-state index contributed by atoms with van der Waals surface area (Å²) in [4.78, 5) is 0. The zero-order valence-corrected chi connectivity index (χ0v) is 45.6. The minimum atomic E-state index is -5.07. The lowest BCUT2D eigenvalue weighted by atomic mass is 10.3. The molecule has 0 amide bonds. The standard InChI is InChI=1S/C56H75F6NO2P2Si2/c1-7-13-40-68(41-14-8-2,42-15-9-3)49-36-32-47(33-37-49)66(48-34-38-50(39-35-48)69(43-16-10-4,44-17-11-5)45-18-12-6)63(46-26-20-19-21-27-46)67(53-30-24-22-28-51(53)64-55(57,58)59)54-31-25-23-29-52(54)65-56(60,61)62/h19-39H,7-18,40-45H2,1-6H3. The third kappa shape index (κ3) is 15.7. The van der Waals surface area contributed by atoms with Crippen molar-refractivity contribution in [1.29, 1.82) is 0 Å². The van der Waals surface area contributed by atoms with Crippen molar-refractivity contribution >= 4 is 69.6 Å². The minimum absolute atomic E-state index is 0.114. The Morgan fingerprint density at radius 1 is 0.391 bits per heavy atom. The van der Waals surface area contributed by atoms with Gasteiger partial charge in [0.1, 0.15) is 11.5 Å². The summed E-state index contributed by atoms with van der Waals surface area (Å²) in [6.45, 7) is 13.6. The van der Waals surface area contributed by atoms with E-state index in [1.807, 2.05) is 30.3 Å². The Morgan fingerprint density at radius 2 is 0.696 bits per heavy atom. The molecule has 376 valence electrons. The molecular weight excluding hydrogens is 951 g/mol. The zero-order chi connectivity index (χ0) is 49.9. The molecule has 5 rings (SSSR count). The van der Waals surface area contributed by atoms with Crippen LogP contribution in [0.25, 0.3) is 0 Å². The highest BCUT2D eigenvalue weighted by Crippen LogP contribution is 2.59. The predicted octanol–water partition coefficient (Wildman–Crippen LogP) is 16.5. The van der Waals surface area contributed by atoms with Gasteiger partial charge in [-0.25, -0.2) is 0 Å².